The highest BCUT2D eigenvalue weighted by Crippen LogP contribution is 2.32. The molecule has 2 aromatic rings. The Morgan fingerprint density at radius 1 is 1.03 bits per heavy atom. The highest BCUT2D eigenvalue weighted by Gasteiger charge is 2.35. The fraction of sp³-hybridized carbons (Fsp3) is 0.364. The quantitative estimate of drug-likeness (QED) is 0.616. The third-order valence-electron chi connectivity index (χ3n) is 5.30. The third-order valence-corrected chi connectivity index (χ3v) is 7.19. The number of rotatable bonds is 6. The van der Waals surface area contributed by atoms with E-state index in [-0.39, 0.29) is 38.4 Å². The first kappa shape index (κ1) is 25.5. The predicted octanol–water partition coefficient (Wildman–Crippen LogP) is 4.31. The number of sulfonamides is 1. The molecule has 2 amide bonds. The fourth-order valence-corrected chi connectivity index (χ4v) is 5.02. The van der Waals surface area contributed by atoms with E-state index in [1.807, 2.05) is 0 Å². The van der Waals surface area contributed by atoms with Crippen molar-refractivity contribution < 1.29 is 35.9 Å². The number of anilines is 2. The van der Waals surface area contributed by atoms with Crippen LogP contribution in [0, 0.1) is 5.92 Å². The van der Waals surface area contributed by atoms with E-state index in [0.29, 0.717) is 17.4 Å². The summed E-state index contributed by atoms with van der Waals surface area (Å²) in [5.74, 6) is -0.743. The molecule has 0 aromatic heterocycles. The number of amides is 2. The van der Waals surface area contributed by atoms with Gasteiger partial charge in [0.15, 0.2) is 0 Å². The van der Waals surface area contributed by atoms with Crippen LogP contribution in [0.4, 0.5) is 29.3 Å². The lowest BCUT2D eigenvalue weighted by atomic mass is 9.97. The molecular formula is C22H24F3N3O5S. The van der Waals surface area contributed by atoms with Crippen molar-refractivity contribution in [2.45, 2.75) is 30.8 Å². The van der Waals surface area contributed by atoms with Crippen molar-refractivity contribution >= 4 is 33.4 Å². The van der Waals surface area contributed by atoms with E-state index in [4.69, 9.17) is 4.74 Å². The van der Waals surface area contributed by atoms with Gasteiger partial charge in [-0.05, 0) is 62.2 Å². The van der Waals surface area contributed by atoms with Gasteiger partial charge in [0.1, 0.15) is 0 Å². The molecule has 0 saturated carbocycles. The Labute approximate surface area is 195 Å². The van der Waals surface area contributed by atoms with Crippen molar-refractivity contribution in [3.8, 4) is 0 Å². The van der Waals surface area contributed by atoms with Gasteiger partial charge in [-0.3, -0.25) is 10.1 Å². The zero-order chi connectivity index (χ0) is 24.9. The van der Waals surface area contributed by atoms with E-state index in [0.717, 1.165) is 22.5 Å². The fourth-order valence-electron chi connectivity index (χ4n) is 3.51. The lowest BCUT2D eigenvalue weighted by Gasteiger charge is -2.30. The minimum absolute atomic E-state index is 0.0130. The molecule has 0 unspecified atom stereocenters. The molecule has 184 valence electrons. The third kappa shape index (κ3) is 6.26. The summed E-state index contributed by atoms with van der Waals surface area (Å²) in [6.07, 6.45) is -4.78. The molecule has 1 fully saturated rings. The summed E-state index contributed by atoms with van der Waals surface area (Å²) < 4.78 is 70.3. The maximum atomic E-state index is 12.9. The lowest BCUT2D eigenvalue weighted by Crippen LogP contribution is -2.41. The topological polar surface area (TPSA) is 105 Å². The highest BCUT2D eigenvalue weighted by atomic mass is 32.2. The molecule has 1 aliphatic heterocycles. The Morgan fingerprint density at radius 2 is 1.62 bits per heavy atom. The minimum Gasteiger partial charge on any atom is -0.450 e. The normalized spacial score (nSPS) is 15.5. The van der Waals surface area contributed by atoms with Gasteiger partial charge in [0.25, 0.3) is 0 Å². The van der Waals surface area contributed by atoms with Gasteiger partial charge in [-0.2, -0.15) is 17.5 Å². The SMILES string of the molecule is CCOC(=O)Nc1ccc(NC(=O)C2CCN(S(=O)(=O)c3cccc(C(F)(F)F)c3)CC2)cc1. The van der Waals surface area contributed by atoms with Gasteiger partial charge in [0.2, 0.25) is 15.9 Å². The zero-order valence-corrected chi connectivity index (χ0v) is 19.1. The van der Waals surface area contributed by atoms with Crippen LogP contribution in [-0.4, -0.2) is 44.4 Å². The Bertz CT molecular complexity index is 1130. The van der Waals surface area contributed by atoms with Gasteiger partial charge in [-0.15, -0.1) is 0 Å². The van der Waals surface area contributed by atoms with Crippen LogP contribution in [0.2, 0.25) is 0 Å². The molecule has 2 aromatic carbocycles. The van der Waals surface area contributed by atoms with Crippen LogP contribution in [0.25, 0.3) is 0 Å². The van der Waals surface area contributed by atoms with Gasteiger partial charge >= 0.3 is 12.3 Å². The molecule has 0 atom stereocenters. The average molecular weight is 500 g/mol. The molecule has 12 heteroatoms. The number of ether oxygens (including phenoxy) is 1. The Balaban J connectivity index is 1.57. The van der Waals surface area contributed by atoms with Crippen molar-refractivity contribution in [2.75, 3.05) is 30.3 Å². The van der Waals surface area contributed by atoms with Crippen LogP contribution in [0.1, 0.15) is 25.3 Å². The molecule has 0 bridgehead atoms. The van der Waals surface area contributed by atoms with Crippen LogP contribution in [0.3, 0.4) is 0 Å². The van der Waals surface area contributed by atoms with E-state index >= 15 is 0 Å². The second kappa shape index (κ2) is 10.4. The second-order valence-corrected chi connectivity index (χ2v) is 9.55. The summed E-state index contributed by atoms with van der Waals surface area (Å²) in [6.45, 7) is 1.95. The second-order valence-electron chi connectivity index (χ2n) is 7.62. The van der Waals surface area contributed by atoms with E-state index in [2.05, 4.69) is 10.6 Å². The van der Waals surface area contributed by atoms with Crippen molar-refractivity contribution in [3.63, 3.8) is 0 Å². The van der Waals surface area contributed by atoms with Crippen LogP contribution < -0.4 is 10.6 Å². The summed E-state index contributed by atoms with van der Waals surface area (Å²) in [6, 6.07) is 10.0. The maximum absolute atomic E-state index is 12.9. The van der Waals surface area contributed by atoms with Gasteiger partial charge < -0.3 is 10.1 Å². The van der Waals surface area contributed by atoms with Crippen molar-refractivity contribution in [1.29, 1.82) is 0 Å². The monoisotopic (exact) mass is 499 g/mol. The smallest absolute Gasteiger partial charge is 0.416 e. The molecule has 3 rings (SSSR count). The first-order valence-corrected chi connectivity index (χ1v) is 12.0. The lowest BCUT2D eigenvalue weighted by molar-refractivity contribution is -0.137. The molecule has 0 radical (unpaired) electrons. The first-order valence-electron chi connectivity index (χ1n) is 10.5. The van der Waals surface area contributed by atoms with Crippen LogP contribution in [0.5, 0.6) is 0 Å². The number of carbonyl (C=O) groups excluding carboxylic acids is 2. The number of piperidine rings is 1. The van der Waals surface area contributed by atoms with Crippen molar-refractivity contribution in [3.05, 3.63) is 54.1 Å². The number of nitrogens with zero attached hydrogens (tertiary/aromatic N) is 1. The van der Waals surface area contributed by atoms with E-state index in [9.17, 15) is 31.2 Å². The van der Waals surface area contributed by atoms with E-state index in [1.165, 1.54) is 0 Å². The summed E-state index contributed by atoms with van der Waals surface area (Å²) >= 11 is 0. The number of alkyl halides is 3. The van der Waals surface area contributed by atoms with Crippen molar-refractivity contribution in [1.82, 2.24) is 4.31 Å². The largest absolute Gasteiger partial charge is 0.450 e. The highest BCUT2D eigenvalue weighted by molar-refractivity contribution is 7.89. The maximum Gasteiger partial charge on any atom is 0.416 e. The van der Waals surface area contributed by atoms with E-state index < -0.39 is 38.7 Å². The minimum atomic E-state index is -4.65. The molecular weight excluding hydrogens is 475 g/mol. The van der Waals surface area contributed by atoms with E-state index in [1.54, 1.807) is 31.2 Å². The van der Waals surface area contributed by atoms with Crippen LogP contribution >= 0.6 is 0 Å². The Hall–Kier alpha value is -3.12. The van der Waals surface area contributed by atoms with Crippen LogP contribution in [-0.2, 0) is 25.7 Å². The van der Waals surface area contributed by atoms with Gasteiger partial charge in [0.05, 0.1) is 17.1 Å². The van der Waals surface area contributed by atoms with Gasteiger partial charge in [-0.1, -0.05) is 6.07 Å². The zero-order valence-electron chi connectivity index (χ0n) is 18.3. The molecule has 8 nitrogen and oxygen atoms in total. The molecule has 0 aliphatic carbocycles. The van der Waals surface area contributed by atoms with Gasteiger partial charge in [0, 0.05) is 30.4 Å². The predicted molar refractivity (Wildman–Crippen MR) is 119 cm³/mol. The summed E-state index contributed by atoms with van der Waals surface area (Å²) in [4.78, 5) is 23.6. The average Bonchev–Trinajstić information content (AvgIpc) is 2.80. The summed E-state index contributed by atoms with van der Waals surface area (Å²) in [7, 11) is -4.11. The van der Waals surface area contributed by atoms with Crippen molar-refractivity contribution in [2.24, 2.45) is 5.92 Å². The molecule has 0 spiro atoms. The molecule has 34 heavy (non-hydrogen) atoms. The summed E-state index contributed by atoms with van der Waals surface area (Å²) in [5, 5.41) is 5.28. The Kier molecular flexibility index (Phi) is 7.82. The number of hydrogen-bond acceptors (Lipinski definition) is 5. The number of carbonyl (C=O) groups is 2. The number of nitrogens with one attached hydrogen (secondary N) is 2. The summed E-state index contributed by atoms with van der Waals surface area (Å²) in [5.41, 5.74) is -0.0469. The molecule has 1 saturated heterocycles. The number of halogens is 3. The first-order chi connectivity index (χ1) is 16.0. The molecule has 1 heterocycles. The standard InChI is InChI=1S/C22H24F3N3O5S/c1-2-33-21(30)27-18-8-6-17(7-9-18)26-20(29)15-10-12-28(13-11-15)34(31,32)19-5-3-4-16(14-19)22(23,24)25/h3-9,14-15H,2,10-13H2,1H3,(H,26,29)(H,27,30). The molecule has 1 aliphatic rings. The Morgan fingerprint density at radius 3 is 2.18 bits per heavy atom. The number of benzene rings is 2. The number of hydrogen-bond donors (Lipinski definition) is 2. The molecule has 2 N–H and O–H groups in total. The van der Waals surface area contributed by atoms with Gasteiger partial charge in [-0.25, -0.2) is 13.2 Å². The van der Waals surface area contributed by atoms with Crippen LogP contribution in [0.15, 0.2) is 53.4 Å².